The predicted octanol–water partition coefficient (Wildman–Crippen LogP) is 5.31. The fourth-order valence-corrected chi connectivity index (χ4v) is 4.57. The maximum atomic E-state index is 6.50. The molecule has 0 atom stereocenters. The average molecular weight is 404 g/mol. The van der Waals surface area contributed by atoms with Gasteiger partial charge >= 0.3 is 0 Å². The number of benzene rings is 1. The second-order valence-electron chi connectivity index (χ2n) is 8.37. The van der Waals surface area contributed by atoms with E-state index in [2.05, 4.69) is 54.6 Å². The third kappa shape index (κ3) is 6.13. The van der Waals surface area contributed by atoms with Crippen molar-refractivity contribution in [2.45, 2.75) is 45.9 Å². The van der Waals surface area contributed by atoms with Crippen LogP contribution in [0.3, 0.4) is 0 Å². The molecule has 146 valence electrons. The van der Waals surface area contributed by atoms with Gasteiger partial charge in [-0.1, -0.05) is 44.5 Å². The van der Waals surface area contributed by atoms with Crippen LogP contribution in [0.15, 0.2) is 30.5 Å². The van der Waals surface area contributed by atoms with E-state index in [0.717, 1.165) is 60.4 Å². The first-order chi connectivity index (χ1) is 12.9. The van der Waals surface area contributed by atoms with Gasteiger partial charge in [-0.15, -0.1) is 0 Å². The zero-order valence-corrected chi connectivity index (χ0v) is 18.1. The van der Waals surface area contributed by atoms with Crippen LogP contribution in [0.4, 0.5) is 5.69 Å². The van der Waals surface area contributed by atoms with Crippen LogP contribution in [-0.2, 0) is 25.1 Å². The summed E-state index contributed by atoms with van der Waals surface area (Å²) in [4.78, 5) is 4.63. The summed E-state index contributed by atoms with van der Waals surface area (Å²) in [6.45, 7) is 9.60. The molecule has 1 aliphatic heterocycles. The van der Waals surface area contributed by atoms with Gasteiger partial charge < -0.3 is 10.6 Å². The van der Waals surface area contributed by atoms with Crippen molar-refractivity contribution in [1.29, 1.82) is 0 Å². The highest BCUT2D eigenvalue weighted by Gasteiger charge is 2.15. The maximum absolute atomic E-state index is 6.50. The van der Waals surface area contributed by atoms with Gasteiger partial charge in [0.2, 0.25) is 0 Å². The maximum Gasteiger partial charge on any atom is 0.0640 e. The standard InChI is InChI=1S/C22H30ClN3S/c1-22(2,3)15-27-14-18-6-4-16(12-25-18)13-26-21-19-9-11-24-10-8-17(19)5-7-20(21)23/h4-7,12,24,26H,8-11,13-15H2,1-3H3. The Morgan fingerprint density at radius 1 is 1.15 bits per heavy atom. The molecule has 0 aliphatic carbocycles. The van der Waals surface area contributed by atoms with Crippen molar-refractivity contribution in [3.8, 4) is 0 Å². The van der Waals surface area contributed by atoms with Crippen molar-refractivity contribution in [2.24, 2.45) is 5.41 Å². The Labute approximate surface area is 172 Å². The molecule has 0 saturated heterocycles. The molecule has 1 aromatic carbocycles. The second-order valence-corrected chi connectivity index (χ2v) is 9.77. The summed E-state index contributed by atoms with van der Waals surface area (Å²) in [5, 5.41) is 7.83. The number of rotatable bonds is 6. The Morgan fingerprint density at radius 3 is 2.70 bits per heavy atom. The lowest BCUT2D eigenvalue weighted by Gasteiger charge is -2.17. The summed E-state index contributed by atoms with van der Waals surface area (Å²) in [6, 6.07) is 8.50. The molecule has 0 unspecified atom stereocenters. The third-order valence-electron chi connectivity index (χ3n) is 4.62. The number of anilines is 1. The highest BCUT2D eigenvalue weighted by Crippen LogP contribution is 2.31. The molecule has 0 fully saturated rings. The van der Waals surface area contributed by atoms with Gasteiger partial charge in [-0.3, -0.25) is 4.98 Å². The molecule has 1 aromatic heterocycles. The number of nitrogens with one attached hydrogen (secondary N) is 2. The Morgan fingerprint density at radius 2 is 1.96 bits per heavy atom. The Bertz CT molecular complexity index is 753. The molecule has 1 aliphatic rings. The summed E-state index contributed by atoms with van der Waals surface area (Å²) in [5.74, 6) is 2.11. The van der Waals surface area contributed by atoms with Crippen molar-refractivity contribution >= 4 is 29.1 Å². The van der Waals surface area contributed by atoms with Crippen LogP contribution in [-0.4, -0.2) is 23.8 Å². The third-order valence-corrected chi connectivity index (χ3v) is 6.51. The number of fused-ring (bicyclic) bond motifs is 1. The van der Waals surface area contributed by atoms with Crippen LogP contribution < -0.4 is 10.6 Å². The van der Waals surface area contributed by atoms with E-state index in [1.165, 1.54) is 16.7 Å². The van der Waals surface area contributed by atoms with Crippen LogP contribution in [0.1, 0.15) is 43.2 Å². The smallest absolute Gasteiger partial charge is 0.0640 e. The number of aromatic nitrogens is 1. The second kappa shape index (κ2) is 9.31. The van der Waals surface area contributed by atoms with Gasteiger partial charge in [0.1, 0.15) is 0 Å². The van der Waals surface area contributed by atoms with E-state index in [-0.39, 0.29) is 0 Å². The molecule has 0 saturated carbocycles. The van der Waals surface area contributed by atoms with Gasteiger partial charge in [0.05, 0.1) is 16.4 Å². The minimum Gasteiger partial charge on any atom is -0.379 e. The highest BCUT2D eigenvalue weighted by molar-refractivity contribution is 7.98. The lowest BCUT2D eigenvalue weighted by molar-refractivity contribution is 0.480. The predicted molar refractivity (Wildman–Crippen MR) is 119 cm³/mol. The van der Waals surface area contributed by atoms with Crippen molar-refractivity contribution < 1.29 is 0 Å². The number of hydrogen-bond acceptors (Lipinski definition) is 4. The van der Waals surface area contributed by atoms with E-state index in [1.807, 2.05) is 24.0 Å². The summed E-state index contributed by atoms with van der Waals surface area (Å²) >= 11 is 8.45. The molecule has 0 amide bonds. The largest absolute Gasteiger partial charge is 0.379 e. The number of hydrogen-bond donors (Lipinski definition) is 2. The van der Waals surface area contributed by atoms with Crippen LogP contribution >= 0.6 is 23.4 Å². The van der Waals surface area contributed by atoms with Gasteiger partial charge in [-0.05, 0) is 65.9 Å². The normalized spacial score (nSPS) is 14.5. The van der Waals surface area contributed by atoms with Gasteiger partial charge in [0.25, 0.3) is 0 Å². The van der Waals surface area contributed by atoms with Crippen molar-refractivity contribution in [1.82, 2.24) is 10.3 Å². The Hall–Kier alpha value is -1.23. The summed E-state index contributed by atoms with van der Waals surface area (Å²) in [7, 11) is 0. The van der Waals surface area contributed by atoms with Gasteiger partial charge in [0, 0.05) is 18.5 Å². The van der Waals surface area contributed by atoms with E-state index >= 15 is 0 Å². The molecule has 27 heavy (non-hydrogen) atoms. The number of pyridine rings is 1. The van der Waals surface area contributed by atoms with Crippen molar-refractivity contribution in [3.05, 3.63) is 57.9 Å². The first-order valence-corrected chi connectivity index (χ1v) is 11.2. The lowest BCUT2D eigenvalue weighted by Crippen LogP contribution is -2.16. The van der Waals surface area contributed by atoms with Gasteiger partial charge in [0.15, 0.2) is 0 Å². The molecular weight excluding hydrogens is 374 g/mol. The fraction of sp³-hybridized carbons (Fsp3) is 0.500. The van der Waals surface area contributed by atoms with E-state index < -0.39 is 0 Å². The fourth-order valence-electron chi connectivity index (χ4n) is 3.23. The summed E-state index contributed by atoms with van der Waals surface area (Å²) in [5.41, 5.74) is 6.53. The highest BCUT2D eigenvalue weighted by atomic mass is 35.5. The molecule has 2 heterocycles. The molecular formula is C22H30ClN3S. The van der Waals surface area contributed by atoms with E-state index in [9.17, 15) is 0 Å². The Kier molecular flexibility index (Phi) is 7.07. The van der Waals surface area contributed by atoms with Gasteiger partial charge in [-0.25, -0.2) is 0 Å². The van der Waals surface area contributed by atoms with Crippen LogP contribution in [0.5, 0.6) is 0 Å². The Balaban J connectivity index is 1.60. The van der Waals surface area contributed by atoms with Crippen LogP contribution in [0, 0.1) is 5.41 Å². The van der Waals surface area contributed by atoms with Crippen molar-refractivity contribution in [2.75, 3.05) is 24.2 Å². The molecule has 0 radical (unpaired) electrons. The monoisotopic (exact) mass is 403 g/mol. The average Bonchev–Trinajstić information content (AvgIpc) is 2.86. The molecule has 2 N–H and O–H groups in total. The van der Waals surface area contributed by atoms with Crippen LogP contribution in [0.2, 0.25) is 5.02 Å². The minimum atomic E-state index is 0.358. The van der Waals surface area contributed by atoms with Crippen LogP contribution in [0.25, 0.3) is 0 Å². The first kappa shape index (κ1) is 20.5. The van der Waals surface area contributed by atoms with E-state index in [4.69, 9.17) is 11.6 Å². The van der Waals surface area contributed by atoms with Gasteiger partial charge in [-0.2, -0.15) is 11.8 Å². The quantitative estimate of drug-likeness (QED) is 0.684. The molecule has 3 nitrogen and oxygen atoms in total. The number of halogens is 1. The zero-order chi connectivity index (χ0) is 19.3. The lowest BCUT2D eigenvalue weighted by atomic mass is 10.0. The number of nitrogens with zero attached hydrogens (tertiary/aromatic N) is 1. The summed E-state index contributed by atoms with van der Waals surface area (Å²) < 4.78 is 0. The van der Waals surface area contributed by atoms with E-state index in [0.29, 0.717) is 5.41 Å². The molecule has 2 aromatic rings. The first-order valence-electron chi connectivity index (χ1n) is 9.69. The SMILES string of the molecule is CC(C)(C)CSCc1ccc(CNc2c(Cl)ccc3c2CCNCC3)cn1. The molecule has 0 spiro atoms. The summed E-state index contributed by atoms with van der Waals surface area (Å²) in [6.07, 6.45) is 4.06. The topological polar surface area (TPSA) is 37.0 Å². The molecule has 5 heteroatoms. The molecule has 0 bridgehead atoms. The van der Waals surface area contributed by atoms with E-state index in [1.54, 1.807) is 0 Å². The minimum absolute atomic E-state index is 0.358. The zero-order valence-electron chi connectivity index (χ0n) is 16.6. The number of thioether (sulfide) groups is 1. The van der Waals surface area contributed by atoms with Crippen molar-refractivity contribution in [3.63, 3.8) is 0 Å². The molecule has 3 rings (SSSR count).